The lowest BCUT2D eigenvalue weighted by atomic mass is 9.98. The summed E-state index contributed by atoms with van der Waals surface area (Å²) < 4.78 is 0. The Morgan fingerprint density at radius 2 is 2.14 bits per heavy atom. The summed E-state index contributed by atoms with van der Waals surface area (Å²) in [5.74, 6) is 3.07. The Kier molecular flexibility index (Phi) is 6.12. The number of fused-ring (bicyclic) bond motifs is 1. The molecule has 0 spiro atoms. The van der Waals surface area contributed by atoms with Crippen molar-refractivity contribution < 1.29 is 0 Å². The molecule has 1 aromatic rings. The summed E-state index contributed by atoms with van der Waals surface area (Å²) in [6, 6.07) is 8.63. The number of terminal acetylenes is 1. The molecular weight excluding hydrogens is 256 g/mol. The van der Waals surface area contributed by atoms with Gasteiger partial charge in [0.15, 0.2) is 0 Å². The number of hydrogen-bond acceptors (Lipinski definition) is 2. The zero-order valence-electron chi connectivity index (χ0n) is 12.5. The van der Waals surface area contributed by atoms with Crippen LogP contribution in [0.1, 0.15) is 18.4 Å². The summed E-state index contributed by atoms with van der Waals surface area (Å²) in [7, 11) is 0. The molecule has 2 heteroatoms. The van der Waals surface area contributed by atoms with Gasteiger partial charge in [-0.15, -0.1) is 6.42 Å². The number of hydrogen-bond donors (Lipinski definition) is 1. The minimum atomic E-state index is 0.207. The van der Waals surface area contributed by atoms with Crippen molar-refractivity contribution in [1.82, 2.24) is 0 Å². The molecule has 1 aromatic carbocycles. The molecule has 21 heavy (non-hydrogen) atoms. The first kappa shape index (κ1) is 15.4. The maximum absolute atomic E-state index is 5.67. The minimum absolute atomic E-state index is 0.207. The normalized spacial score (nSPS) is 21.7. The molecule has 0 radical (unpaired) electrons. The van der Waals surface area contributed by atoms with E-state index in [0.29, 0.717) is 0 Å². The zero-order chi connectivity index (χ0) is 14.9. The van der Waals surface area contributed by atoms with Gasteiger partial charge in [-0.25, -0.2) is 0 Å². The number of nitrogens with two attached hydrogens (primary N) is 1. The minimum Gasteiger partial charge on any atom is -0.368 e. The van der Waals surface area contributed by atoms with E-state index < -0.39 is 0 Å². The summed E-state index contributed by atoms with van der Waals surface area (Å²) in [5, 5.41) is 0. The highest BCUT2D eigenvalue weighted by Gasteiger charge is 2.11. The van der Waals surface area contributed by atoms with Crippen molar-refractivity contribution in [3.05, 3.63) is 54.1 Å². The van der Waals surface area contributed by atoms with E-state index in [1.54, 1.807) is 0 Å². The Labute approximate surface area is 128 Å². The Bertz CT molecular complexity index is 537. The van der Waals surface area contributed by atoms with E-state index in [1.807, 2.05) is 0 Å². The smallest absolute Gasteiger partial charge is 0.0401 e. The average molecular weight is 280 g/mol. The van der Waals surface area contributed by atoms with Crippen LogP contribution in [0.3, 0.4) is 0 Å². The highest BCUT2D eigenvalue weighted by atomic mass is 15.1. The molecule has 2 N–H and O–H groups in total. The van der Waals surface area contributed by atoms with Crippen LogP contribution in [0.5, 0.6) is 0 Å². The molecule has 1 heterocycles. The maximum Gasteiger partial charge on any atom is 0.0401 e. The van der Waals surface area contributed by atoms with Gasteiger partial charge >= 0.3 is 0 Å². The Morgan fingerprint density at radius 1 is 1.29 bits per heavy atom. The van der Waals surface area contributed by atoms with Gasteiger partial charge < -0.3 is 10.6 Å². The third-order valence-corrected chi connectivity index (χ3v) is 3.82. The van der Waals surface area contributed by atoms with Crippen LogP contribution in [-0.4, -0.2) is 19.6 Å². The van der Waals surface area contributed by atoms with Crippen molar-refractivity contribution in [2.75, 3.05) is 24.5 Å². The molecule has 1 aliphatic rings. The van der Waals surface area contributed by atoms with E-state index in [1.165, 1.54) is 11.3 Å². The fraction of sp³-hybridized carbons (Fsp3) is 0.368. The first-order valence-corrected chi connectivity index (χ1v) is 7.67. The monoisotopic (exact) mass is 280 g/mol. The highest BCUT2D eigenvalue weighted by molar-refractivity contribution is 5.54. The van der Waals surface area contributed by atoms with Gasteiger partial charge in [0.1, 0.15) is 0 Å². The number of aryl methyl sites for hydroxylation is 1. The van der Waals surface area contributed by atoms with E-state index in [2.05, 4.69) is 59.4 Å². The predicted octanol–water partition coefficient (Wildman–Crippen LogP) is 3.15. The van der Waals surface area contributed by atoms with Crippen LogP contribution in [0.4, 0.5) is 5.69 Å². The van der Waals surface area contributed by atoms with Gasteiger partial charge in [0.05, 0.1) is 0 Å². The number of para-hydroxylation sites is 1. The standard InChI is InChI=1S/C19H24N2/c1-2-17-9-4-3-7-15-21(16-8-14-20)19-11-6-5-10-18(19)13-12-17/h1,3-7,9-11,17H,8,12-16,20H2/b7-3-,9-4-. The van der Waals surface area contributed by atoms with E-state index in [9.17, 15) is 0 Å². The molecule has 0 saturated heterocycles. The van der Waals surface area contributed by atoms with E-state index >= 15 is 0 Å². The van der Waals surface area contributed by atoms with Crippen LogP contribution in [0, 0.1) is 18.3 Å². The quantitative estimate of drug-likeness (QED) is 0.862. The van der Waals surface area contributed by atoms with E-state index in [4.69, 9.17) is 12.2 Å². The second-order valence-electron chi connectivity index (χ2n) is 5.34. The predicted molar refractivity (Wildman–Crippen MR) is 91.3 cm³/mol. The van der Waals surface area contributed by atoms with Crippen LogP contribution in [-0.2, 0) is 6.42 Å². The first-order valence-electron chi connectivity index (χ1n) is 7.67. The maximum atomic E-state index is 5.67. The molecule has 0 aromatic heterocycles. The van der Waals surface area contributed by atoms with Gasteiger partial charge in [-0.2, -0.15) is 0 Å². The van der Waals surface area contributed by atoms with Crippen molar-refractivity contribution >= 4 is 5.69 Å². The third-order valence-electron chi connectivity index (χ3n) is 3.82. The van der Waals surface area contributed by atoms with Gasteiger partial charge in [0.25, 0.3) is 0 Å². The molecule has 0 saturated carbocycles. The summed E-state index contributed by atoms with van der Waals surface area (Å²) in [6.45, 7) is 2.61. The fourth-order valence-corrected chi connectivity index (χ4v) is 2.63. The number of nitrogens with zero attached hydrogens (tertiary/aromatic N) is 1. The lowest BCUT2D eigenvalue weighted by Gasteiger charge is -2.26. The number of benzene rings is 1. The molecule has 2 nitrogen and oxygen atoms in total. The Balaban J connectivity index is 2.27. The van der Waals surface area contributed by atoms with Crippen molar-refractivity contribution in [3.63, 3.8) is 0 Å². The number of allylic oxidation sites excluding steroid dienone is 3. The van der Waals surface area contributed by atoms with Gasteiger partial charge in [0, 0.05) is 24.7 Å². The van der Waals surface area contributed by atoms with Crippen LogP contribution < -0.4 is 10.6 Å². The molecular formula is C19H24N2. The van der Waals surface area contributed by atoms with E-state index in [-0.39, 0.29) is 5.92 Å². The molecule has 0 aliphatic carbocycles. The summed E-state index contributed by atoms with van der Waals surface area (Å²) >= 11 is 0. The van der Waals surface area contributed by atoms with Gasteiger partial charge in [-0.05, 0) is 37.4 Å². The number of anilines is 1. The SMILES string of the molecule is C#CC1/C=C\C=C/CN(CCCN)c2ccccc2CC1. The van der Waals surface area contributed by atoms with Crippen molar-refractivity contribution in [1.29, 1.82) is 0 Å². The molecule has 0 amide bonds. The second kappa shape index (κ2) is 8.34. The summed E-state index contributed by atoms with van der Waals surface area (Å²) in [5.41, 5.74) is 8.36. The van der Waals surface area contributed by atoms with Crippen LogP contribution in [0.25, 0.3) is 0 Å². The molecule has 1 atom stereocenters. The second-order valence-corrected chi connectivity index (χ2v) is 5.34. The van der Waals surface area contributed by atoms with Crippen molar-refractivity contribution in [2.45, 2.75) is 19.3 Å². The Morgan fingerprint density at radius 3 is 2.95 bits per heavy atom. The van der Waals surface area contributed by atoms with Crippen LogP contribution in [0.15, 0.2) is 48.6 Å². The van der Waals surface area contributed by atoms with Crippen LogP contribution in [0.2, 0.25) is 0 Å². The van der Waals surface area contributed by atoms with Gasteiger partial charge in [-0.3, -0.25) is 0 Å². The topological polar surface area (TPSA) is 29.3 Å². The lowest BCUT2D eigenvalue weighted by molar-refractivity contribution is 0.720. The molecule has 1 unspecified atom stereocenters. The highest BCUT2D eigenvalue weighted by Crippen LogP contribution is 2.24. The first-order chi connectivity index (χ1) is 10.3. The molecule has 0 bridgehead atoms. The zero-order valence-corrected chi connectivity index (χ0v) is 12.5. The fourth-order valence-electron chi connectivity index (χ4n) is 2.63. The molecule has 110 valence electrons. The average Bonchev–Trinajstić information content (AvgIpc) is 2.56. The van der Waals surface area contributed by atoms with Gasteiger partial charge in [-0.1, -0.05) is 48.4 Å². The van der Waals surface area contributed by atoms with Crippen molar-refractivity contribution in [3.8, 4) is 12.3 Å². The summed E-state index contributed by atoms with van der Waals surface area (Å²) in [6.07, 6.45) is 17.1. The Hall–Kier alpha value is -1.98. The number of rotatable bonds is 3. The van der Waals surface area contributed by atoms with Crippen molar-refractivity contribution in [2.24, 2.45) is 11.7 Å². The molecule has 1 aliphatic heterocycles. The lowest BCUT2D eigenvalue weighted by Crippen LogP contribution is -2.27. The largest absolute Gasteiger partial charge is 0.368 e. The third kappa shape index (κ3) is 4.51. The molecule has 0 fully saturated rings. The van der Waals surface area contributed by atoms with Crippen LogP contribution >= 0.6 is 0 Å². The van der Waals surface area contributed by atoms with E-state index in [0.717, 1.165) is 38.9 Å². The molecule has 2 rings (SSSR count). The van der Waals surface area contributed by atoms with Gasteiger partial charge in [0.2, 0.25) is 0 Å². The summed E-state index contributed by atoms with van der Waals surface area (Å²) in [4.78, 5) is 2.41.